The third-order valence-electron chi connectivity index (χ3n) is 3.42. The van der Waals surface area contributed by atoms with Crippen LogP contribution in [-0.4, -0.2) is 52.4 Å². The number of ether oxygens (including phenoxy) is 2. The number of anilines is 1. The Morgan fingerprint density at radius 3 is 2.59 bits per heavy atom. The second kappa shape index (κ2) is 8.45. The summed E-state index contributed by atoms with van der Waals surface area (Å²) in [5, 5.41) is 15.2. The van der Waals surface area contributed by atoms with Crippen LogP contribution in [0.5, 0.6) is 0 Å². The van der Waals surface area contributed by atoms with Gasteiger partial charge >= 0.3 is 17.9 Å². The molecular formula is C16H17N3O7S. The normalized spacial score (nSPS) is 10.3. The molecule has 0 saturated carbocycles. The highest BCUT2D eigenvalue weighted by Gasteiger charge is 2.27. The number of thiophene rings is 1. The number of carbonyl (C=O) groups is 4. The molecule has 2 aromatic rings. The van der Waals surface area contributed by atoms with Crippen molar-refractivity contribution in [2.75, 3.05) is 19.0 Å². The number of aromatic nitrogens is 2. The van der Waals surface area contributed by atoms with Gasteiger partial charge < -0.3 is 19.9 Å². The molecule has 11 heteroatoms. The standard InChI is InChI=1S/C16H17N3O7S/c1-4-26-16(24)12-8(2)11(15(23)25-3)14(27-12)18-13(22)9-5-17-19(6-9)7-10(20)21/h5-6H,4,7H2,1-3H3,(H,18,22)(H,20,21). The fraction of sp³-hybridized carbons (Fsp3) is 0.312. The average Bonchev–Trinajstić information content (AvgIpc) is 3.18. The number of carboxylic acid groups (broad SMARTS) is 1. The van der Waals surface area contributed by atoms with Gasteiger partial charge in [0.15, 0.2) is 0 Å². The maximum Gasteiger partial charge on any atom is 0.348 e. The van der Waals surface area contributed by atoms with Crippen molar-refractivity contribution in [1.29, 1.82) is 0 Å². The molecule has 2 rings (SSSR count). The molecule has 0 aliphatic carbocycles. The molecule has 0 fully saturated rings. The topological polar surface area (TPSA) is 137 Å². The third kappa shape index (κ3) is 4.50. The molecule has 0 saturated heterocycles. The highest BCUT2D eigenvalue weighted by Crippen LogP contribution is 2.34. The van der Waals surface area contributed by atoms with Crippen LogP contribution in [0.25, 0.3) is 0 Å². The first-order valence-corrected chi connectivity index (χ1v) is 8.54. The zero-order valence-electron chi connectivity index (χ0n) is 14.8. The van der Waals surface area contributed by atoms with Gasteiger partial charge in [-0.2, -0.15) is 5.10 Å². The molecule has 1 amide bonds. The predicted octanol–water partition coefficient (Wildman–Crippen LogP) is 1.55. The van der Waals surface area contributed by atoms with Crippen LogP contribution in [0.1, 0.15) is 42.9 Å². The molecule has 0 radical (unpaired) electrons. The van der Waals surface area contributed by atoms with Crippen LogP contribution in [-0.2, 0) is 20.8 Å². The first kappa shape index (κ1) is 20.1. The van der Waals surface area contributed by atoms with E-state index in [4.69, 9.17) is 14.6 Å². The molecule has 2 N–H and O–H groups in total. The number of amides is 1. The fourth-order valence-corrected chi connectivity index (χ4v) is 3.31. The van der Waals surface area contributed by atoms with Gasteiger partial charge in [0.25, 0.3) is 5.91 Å². The van der Waals surface area contributed by atoms with Crippen LogP contribution < -0.4 is 5.32 Å². The van der Waals surface area contributed by atoms with E-state index in [-0.39, 0.29) is 27.6 Å². The summed E-state index contributed by atoms with van der Waals surface area (Å²) in [7, 11) is 1.19. The maximum atomic E-state index is 12.4. The number of carbonyl (C=O) groups excluding carboxylic acids is 3. The molecule has 0 atom stereocenters. The van der Waals surface area contributed by atoms with Crippen molar-refractivity contribution in [3.63, 3.8) is 0 Å². The highest BCUT2D eigenvalue weighted by atomic mass is 32.1. The van der Waals surface area contributed by atoms with Gasteiger partial charge in [0.1, 0.15) is 16.4 Å². The van der Waals surface area contributed by atoms with Crippen molar-refractivity contribution in [3.05, 3.63) is 34.0 Å². The smallest absolute Gasteiger partial charge is 0.348 e. The first-order valence-electron chi connectivity index (χ1n) is 7.72. The Labute approximate surface area is 157 Å². The molecule has 0 unspecified atom stereocenters. The number of nitrogens with zero attached hydrogens (tertiary/aromatic N) is 2. The van der Waals surface area contributed by atoms with Crippen molar-refractivity contribution < 1.29 is 33.8 Å². The highest BCUT2D eigenvalue weighted by molar-refractivity contribution is 7.18. The number of nitrogens with one attached hydrogen (secondary N) is 1. The quantitative estimate of drug-likeness (QED) is 0.674. The van der Waals surface area contributed by atoms with Crippen LogP contribution in [0.4, 0.5) is 5.00 Å². The summed E-state index contributed by atoms with van der Waals surface area (Å²) >= 11 is 0.890. The number of rotatable bonds is 7. The molecule has 0 bridgehead atoms. The number of esters is 2. The third-order valence-corrected chi connectivity index (χ3v) is 4.60. The lowest BCUT2D eigenvalue weighted by molar-refractivity contribution is -0.137. The van der Waals surface area contributed by atoms with Gasteiger partial charge in [-0.1, -0.05) is 0 Å². The summed E-state index contributed by atoms with van der Waals surface area (Å²) in [6.07, 6.45) is 2.46. The van der Waals surface area contributed by atoms with E-state index in [1.807, 2.05) is 0 Å². The second-order valence-electron chi connectivity index (χ2n) is 5.25. The summed E-state index contributed by atoms with van der Waals surface area (Å²) in [4.78, 5) is 47.4. The van der Waals surface area contributed by atoms with E-state index in [9.17, 15) is 19.2 Å². The number of carboxylic acids is 1. The van der Waals surface area contributed by atoms with E-state index in [0.717, 1.165) is 16.0 Å². The van der Waals surface area contributed by atoms with Crippen LogP contribution in [0.15, 0.2) is 12.4 Å². The van der Waals surface area contributed by atoms with Crippen LogP contribution in [0.3, 0.4) is 0 Å². The van der Waals surface area contributed by atoms with E-state index in [2.05, 4.69) is 10.4 Å². The van der Waals surface area contributed by atoms with Crippen LogP contribution >= 0.6 is 11.3 Å². The lowest BCUT2D eigenvalue weighted by atomic mass is 10.1. The monoisotopic (exact) mass is 395 g/mol. The Bertz CT molecular complexity index is 900. The van der Waals surface area contributed by atoms with Crippen molar-refractivity contribution in [2.45, 2.75) is 20.4 Å². The van der Waals surface area contributed by atoms with Gasteiger partial charge in [-0.05, 0) is 19.4 Å². The molecular weight excluding hydrogens is 378 g/mol. The molecule has 2 heterocycles. The molecule has 0 spiro atoms. The van der Waals surface area contributed by atoms with Gasteiger partial charge in [0, 0.05) is 6.20 Å². The molecule has 2 aromatic heterocycles. The van der Waals surface area contributed by atoms with E-state index in [1.54, 1.807) is 13.8 Å². The molecule has 144 valence electrons. The first-order chi connectivity index (χ1) is 12.8. The summed E-state index contributed by atoms with van der Waals surface area (Å²) in [5.74, 6) is -3.05. The minimum absolute atomic E-state index is 0.0526. The second-order valence-corrected chi connectivity index (χ2v) is 6.27. The number of hydrogen-bond donors (Lipinski definition) is 2. The molecule has 0 aromatic carbocycles. The minimum atomic E-state index is -1.11. The van der Waals surface area contributed by atoms with Crippen molar-refractivity contribution in [1.82, 2.24) is 9.78 Å². The molecule has 0 aliphatic heterocycles. The maximum absolute atomic E-state index is 12.4. The van der Waals surface area contributed by atoms with Gasteiger partial charge in [-0.25, -0.2) is 9.59 Å². The van der Waals surface area contributed by atoms with Crippen LogP contribution in [0.2, 0.25) is 0 Å². The summed E-state index contributed by atoms with van der Waals surface area (Å²) < 4.78 is 10.8. The lowest BCUT2D eigenvalue weighted by Crippen LogP contribution is -2.14. The predicted molar refractivity (Wildman–Crippen MR) is 94.2 cm³/mol. The number of methoxy groups -OCH3 is 1. The zero-order valence-corrected chi connectivity index (χ0v) is 15.6. The van der Waals surface area contributed by atoms with Crippen molar-refractivity contribution in [3.8, 4) is 0 Å². The Morgan fingerprint density at radius 2 is 2.00 bits per heavy atom. The minimum Gasteiger partial charge on any atom is -0.480 e. The van der Waals surface area contributed by atoms with Crippen molar-refractivity contribution in [2.24, 2.45) is 0 Å². The fourth-order valence-electron chi connectivity index (χ4n) is 2.22. The summed E-state index contributed by atoms with van der Waals surface area (Å²) in [6, 6.07) is 0. The molecule has 27 heavy (non-hydrogen) atoms. The van der Waals surface area contributed by atoms with Gasteiger partial charge in [0.2, 0.25) is 0 Å². The van der Waals surface area contributed by atoms with Crippen LogP contribution in [0, 0.1) is 6.92 Å². The number of aliphatic carboxylic acids is 1. The Hall–Kier alpha value is -3.21. The van der Waals surface area contributed by atoms with Gasteiger partial charge in [-0.15, -0.1) is 11.3 Å². The SMILES string of the molecule is CCOC(=O)c1sc(NC(=O)c2cnn(CC(=O)O)c2)c(C(=O)OC)c1C. The molecule has 0 aliphatic rings. The van der Waals surface area contributed by atoms with E-state index < -0.39 is 30.4 Å². The van der Waals surface area contributed by atoms with E-state index >= 15 is 0 Å². The van der Waals surface area contributed by atoms with Crippen molar-refractivity contribution >= 4 is 40.2 Å². The van der Waals surface area contributed by atoms with E-state index in [0.29, 0.717) is 5.56 Å². The lowest BCUT2D eigenvalue weighted by Gasteiger charge is -2.04. The molecule has 10 nitrogen and oxygen atoms in total. The number of hydrogen-bond acceptors (Lipinski definition) is 8. The summed E-state index contributed by atoms with van der Waals surface area (Å²) in [6.45, 7) is 2.97. The summed E-state index contributed by atoms with van der Waals surface area (Å²) in [5.41, 5.74) is 0.481. The average molecular weight is 395 g/mol. The zero-order chi connectivity index (χ0) is 20.1. The Morgan fingerprint density at radius 1 is 1.30 bits per heavy atom. The Kier molecular flexibility index (Phi) is 6.29. The Balaban J connectivity index is 2.33. The van der Waals surface area contributed by atoms with Gasteiger partial charge in [0.05, 0.1) is 31.0 Å². The van der Waals surface area contributed by atoms with Gasteiger partial charge in [-0.3, -0.25) is 14.3 Å². The van der Waals surface area contributed by atoms with E-state index in [1.165, 1.54) is 19.5 Å². The largest absolute Gasteiger partial charge is 0.480 e.